The predicted molar refractivity (Wildman–Crippen MR) is 79.4 cm³/mol. The zero-order chi connectivity index (χ0) is 15.0. The molecule has 21 heavy (non-hydrogen) atoms. The summed E-state index contributed by atoms with van der Waals surface area (Å²) in [7, 11) is 0. The van der Waals surface area contributed by atoms with E-state index in [1.807, 2.05) is 30.3 Å². The molecule has 0 aromatic heterocycles. The first-order valence-electron chi connectivity index (χ1n) is 7.22. The zero-order valence-electron chi connectivity index (χ0n) is 12.1. The van der Waals surface area contributed by atoms with Crippen LogP contribution in [0.2, 0.25) is 0 Å². The van der Waals surface area contributed by atoms with Gasteiger partial charge in [-0.1, -0.05) is 30.3 Å². The van der Waals surface area contributed by atoms with Crippen molar-refractivity contribution in [1.29, 1.82) is 0 Å². The summed E-state index contributed by atoms with van der Waals surface area (Å²) in [5.41, 5.74) is 0.166. The molecule has 5 heteroatoms. The SMILES string of the molecule is OCCCC1(O)CNC=C(COCc2ccccc2)OC1. The highest BCUT2D eigenvalue weighted by Gasteiger charge is 2.29. The van der Waals surface area contributed by atoms with Gasteiger partial charge < -0.3 is 25.0 Å². The van der Waals surface area contributed by atoms with Crippen LogP contribution in [0, 0.1) is 0 Å². The predicted octanol–water partition coefficient (Wildman–Crippen LogP) is 1.17. The quantitative estimate of drug-likeness (QED) is 0.704. The van der Waals surface area contributed by atoms with Crippen LogP contribution in [0.15, 0.2) is 42.3 Å². The lowest BCUT2D eigenvalue weighted by Crippen LogP contribution is -2.42. The van der Waals surface area contributed by atoms with Gasteiger partial charge in [-0.3, -0.25) is 0 Å². The Hall–Kier alpha value is -1.56. The van der Waals surface area contributed by atoms with Gasteiger partial charge in [-0.15, -0.1) is 0 Å². The van der Waals surface area contributed by atoms with Crippen LogP contribution in [0.3, 0.4) is 0 Å². The van der Waals surface area contributed by atoms with Crippen LogP contribution in [0.4, 0.5) is 0 Å². The molecule has 0 amide bonds. The van der Waals surface area contributed by atoms with Crippen LogP contribution in [0.25, 0.3) is 0 Å². The fraction of sp³-hybridized carbons (Fsp3) is 0.500. The lowest BCUT2D eigenvalue weighted by Gasteiger charge is -2.25. The average Bonchev–Trinajstić information content (AvgIpc) is 2.69. The van der Waals surface area contributed by atoms with E-state index in [0.29, 0.717) is 38.4 Å². The fourth-order valence-corrected chi connectivity index (χ4v) is 2.17. The molecule has 5 nitrogen and oxygen atoms in total. The molecule has 1 aromatic carbocycles. The highest BCUT2D eigenvalue weighted by molar-refractivity contribution is 5.13. The second-order valence-electron chi connectivity index (χ2n) is 5.31. The van der Waals surface area contributed by atoms with Gasteiger partial charge in [-0.05, 0) is 18.4 Å². The van der Waals surface area contributed by atoms with E-state index in [0.717, 1.165) is 5.56 Å². The molecular weight excluding hydrogens is 270 g/mol. The van der Waals surface area contributed by atoms with Gasteiger partial charge in [0.15, 0.2) is 0 Å². The van der Waals surface area contributed by atoms with E-state index in [-0.39, 0.29) is 13.2 Å². The Kier molecular flexibility index (Phi) is 6.04. The van der Waals surface area contributed by atoms with Gasteiger partial charge in [0.2, 0.25) is 0 Å². The Balaban J connectivity index is 1.74. The molecule has 0 fully saturated rings. The van der Waals surface area contributed by atoms with Crippen molar-refractivity contribution in [3.8, 4) is 0 Å². The van der Waals surface area contributed by atoms with E-state index in [1.165, 1.54) is 0 Å². The molecule has 0 aliphatic carbocycles. The first kappa shape index (κ1) is 15.8. The van der Waals surface area contributed by atoms with E-state index in [4.69, 9.17) is 14.6 Å². The van der Waals surface area contributed by atoms with E-state index < -0.39 is 5.60 Å². The van der Waals surface area contributed by atoms with E-state index in [2.05, 4.69) is 5.32 Å². The van der Waals surface area contributed by atoms with E-state index in [9.17, 15) is 5.11 Å². The normalized spacial score (nSPS) is 21.9. The molecule has 1 heterocycles. The van der Waals surface area contributed by atoms with Gasteiger partial charge in [-0.2, -0.15) is 0 Å². The number of hydrogen-bond donors (Lipinski definition) is 3. The molecule has 116 valence electrons. The first-order chi connectivity index (χ1) is 10.2. The maximum Gasteiger partial charge on any atom is 0.137 e. The van der Waals surface area contributed by atoms with Crippen molar-refractivity contribution in [2.24, 2.45) is 0 Å². The fourth-order valence-electron chi connectivity index (χ4n) is 2.17. The molecule has 1 aromatic rings. The van der Waals surface area contributed by atoms with Crippen molar-refractivity contribution in [2.75, 3.05) is 26.4 Å². The Morgan fingerprint density at radius 2 is 2.05 bits per heavy atom. The maximum atomic E-state index is 10.3. The number of rotatable bonds is 7. The van der Waals surface area contributed by atoms with E-state index >= 15 is 0 Å². The largest absolute Gasteiger partial charge is 0.491 e. The topological polar surface area (TPSA) is 71.0 Å². The summed E-state index contributed by atoms with van der Waals surface area (Å²) in [5.74, 6) is 0.672. The Labute approximate surface area is 125 Å². The van der Waals surface area contributed by atoms with Crippen molar-refractivity contribution in [3.05, 3.63) is 47.9 Å². The van der Waals surface area contributed by atoms with Crippen molar-refractivity contribution in [3.63, 3.8) is 0 Å². The van der Waals surface area contributed by atoms with Crippen LogP contribution in [0.5, 0.6) is 0 Å². The van der Waals surface area contributed by atoms with Crippen LogP contribution < -0.4 is 5.32 Å². The van der Waals surface area contributed by atoms with Gasteiger partial charge in [0, 0.05) is 19.4 Å². The molecule has 0 bridgehead atoms. The smallest absolute Gasteiger partial charge is 0.137 e. The first-order valence-corrected chi connectivity index (χ1v) is 7.22. The molecule has 1 aliphatic heterocycles. The minimum atomic E-state index is -0.944. The third-order valence-electron chi connectivity index (χ3n) is 3.38. The molecule has 3 N–H and O–H groups in total. The van der Waals surface area contributed by atoms with Crippen molar-refractivity contribution in [2.45, 2.75) is 25.0 Å². The number of aliphatic hydroxyl groups excluding tert-OH is 1. The minimum absolute atomic E-state index is 0.0722. The van der Waals surface area contributed by atoms with Crippen molar-refractivity contribution in [1.82, 2.24) is 5.32 Å². The number of nitrogens with one attached hydrogen (secondary N) is 1. The zero-order valence-corrected chi connectivity index (χ0v) is 12.1. The summed E-state index contributed by atoms with van der Waals surface area (Å²) in [4.78, 5) is 0. The monoisotopic (exact) mass is 293 g/mol. The highest BCUT2D eigenvalue weighted by atomic mass is 16.5. The molecule has 1 aliphatic rings. The van der Waals surface area contributed by atoms with Crippen LogP contribution in [-0.4, -0.2) is 42.2 Å². The Bertz CT molecular complexity index is 449. The number of benzene rings is 1. The van der Waals surface area contributed by atoms with Crippen LogP contribution in [-0.2, 0) is 16.1 Å². The molecule has 2 rings (SSSR count). The lowest BCUT2D eigenvalue weighted by atomic mass is 9.99. The summed E-state index contributed by atoms with van der Waals surface area (Å²) in [6, 6.07) is 9.94. The molecular formula is C16H23NO4. The molecule has 0 radical (unpaired) electrons. The lowest BCUT2D eigenvalue weighted by molar-refractivity contribution is -0.0346. The Morgan fingerprint density at radius 1 is 1.24 bits per heavy atom. The van der Waals surface area contributed by atoms with Crippen LogP contribution >= 0.6 is 0 Å². The number of aliphatic hydroxyl groups is 2. The summed E-state index contributed by atoms with van der Waals surface area (Å²) < 4.78 is 11.2. The molecule has 0 saturated heterocycles. The van der Waals surface area contributed by atoms with Gasteiger partial charge >= 0.3 is 0 Å². The van der Waals surface area contributed by atoms with Gasteiger partial charge in [0.25, 0.3) is 0 Å². The van der Waals surface area contributed by atoms with Gasteiger partial charge in [0.05, 0.1) is 6.61 Å². The van der Waals surface area contributed by atoms with Gasteiger partial charge in [-0.25, -0.2) is 0 Å². The highest BCUT2D eigenvalue weighted by Crippen LogP contribution is 2.17. The summed E-state index contributed by atoms with van der Waals surface area (Å²) in [6.45, 7) is 1.58. The van der Waals surface area contributed by atoms with Crippen molar-refractivity contribution >= 4 is 0 Å². The third kappa shape index (κ3) is 5.38. The molecule has 1 atom stereocenters. The average molecular weight is 293 g/mol. The molecule has 0 spiro atoms. The number of ether oxygens (including phenoxy) is 2. The summed E-state index contributed by atoms with van der Waals surface area (Å²) >= 11 is 0. The third-order valence-corrected chi connectivity index (χ3v) is 3.38. The number of hydrogen-bond acceptors (Lipinski definition) is 5. The van der Waals surface area contributed by atoms with Gasteiger partial charge in [0.1, 0.15) is 24.6 Å². The standard InChI is InChI=1S/C16H23NO4/c18-8-4-7-16(19)12-17-9-15(21-13-16)11-20-10-14-5-2-1-3-6-14/h1-3,5-6,9,17-19H,4,7-8,10-13H2. The maximum absolute atomic E-state index is 10.3. The van der Waals surface area contributed by atoms with Crippen molar-refractivity contribution < 1.29 is 19.7 Å². The molecule has 1 unspecified atom stereocenters. The van der Waals surface area contributed by atoms with Crippen LogP contribution in [0.1, 0.15) is 18.4 Å². The second kappa shape index (κ2) is 8.02. The van der Waals surface area contributed by atoms with E-state index in [1.54, 1.807) is 6.20 Å². The Morgan fingerprint density at radius 3 is 2.81 bits per heavy atom. The second-order valence-corrected chi connectivity index (χ2v) is 5.31. The summed E-state index contributed by atoms with van der Waals surface area (Å²) in [6.07, 6.45) is 2.80. The molecule has 0 saturated carbocycles. The summed E-state index contributed by atoms with van der Waals surface area (Å²) in [5, 5.41) is 22.2. The minimum Gasteiger partial charge on any atom is -0.491 e. The number of β-amino-alcohol motifs (C(OH)–C–C–N with tert-alkyl or cyclic N) is 1.